The molecule has 5 nitrogen and oxygen atoms in total. The molecule has 0 saturated carbocycles. The van der Waals surface area contributed by atoms with Gasteiger partial charge < -0.3 is 16.0 Å². The van der Waals surface area contributed by atoms with E-state index in [1.165, 1.54) is 12.8 Å². The van der Waals surface area contributed by atoms with Gasteiger partial charge in [-0.2, -0.15) is 0 Å². The molecule has 0 bridgehead atoms. The summed E-state index contributed by atoms with van der Waals surface area (Å²) in [7, 11) is 0. The Kier molecular flexibility index (Phi) is 4.07. The number of hydrogen-bond acceptors (Lipinski definition) is 5. The van der Waals surface area contributed by atoms with Crippen LogP contribution in [0.5, 0.6) is 0 Å². The summed E-state index contributed by atoms with van der Waals surface area (Å²) in [4.78, 5) is 18.8. The van der Waals surface area contributed by atoms with Gasteiger partial charge in [-0.05, 0) is 38.0 Å². The van der Waals surface area contributed by atoms with Crippen molar-refractivity contribution in [1.29, 1.82) is 0 Å². The van der Waals surface area contributed by atoms with Gasteiger partial charge in [0, 0.05) is 31.2 Å². The van der Waals surface area contributed by atoms with Crippen molar-refractivity contribution in [3.63, 3.8) is 0 Å². The second kappa shape index (κ2) is 5.99. The van der Waals surface area contributed by atoms with Crippen LogP contribution in [-0.2, 0) is 4.79 Å². The van der Waals surface area contributed by atoms with Gasteiger partial charge in [-0.25, -0.2) is 4.98 Å². The van der Waals surface area contributed by atoms with Crippen LogP contribution in [0.25, 0.3) is 10.2 Å². The maximum absolute atomic E-state index is 11.8. The number of aromatic nitrogens is 1. The fourth-order valence-corrected chi connectivity index (χ4v) is 3.59. The predicted octanol–water partition coefficient (Wildman–Crippen LogP) is 2.57. The SMILES string of the molecule is CC(N)CC(=O)Nc1ccc2nc(N3CCCC3)sc2c1. The fourth-order valence-electron chi connectivity index (χ4n) is 2.54. The van der Waals surface area contributed by atoms with Crippen molar-refractivity contribution in [2.75, 3.05) is 23.3 Å². The van der Waals surface area contributed by atoms with Crippen molar-refractivity contribution < 1.29 is 4.79 Å². The summed E-state index contributed by atoms with van der Waals surface area (Å²) in [5.41, 5.74) is 7.44. The number of anilines is 2. The number of carbonyl (C=O) groups is 1. The summed E-state index contributed by atoms with van der Waals surface area (Å²) < 4.78 is 1.11. The van der Waals surface area contributed by atoms with Crippen LogP contribution in [0.3, 0.4) is 0 Å². The molecule has 2 heterocycles. The molecule has 1 unspecified atom stereocenters. The van der Waals surface area contributed by atoms with Crippen molar-refractivity contribution >= 4 is 38.3 Å². The molecule has 0 spiro atoms. The predicted molar refractivity (Wildman–Crippen MR) is 88.0 cm³/mol. The average Bonchev–Trinajstić information content (AvgIpc) is 3.05. The Morgan fingerprint density at radius 3 is 2.95 bits per heavy atom. The van der Waals surface area contributed by atoms with E-state index < -0.39 is 0 Å². The molecule has 6 heteroatoms. The molecule has 3 rings (SSSR count). The summed E-state index contributed by atoms with van der Waals surface area (Å²) in [6, 6.07) is 5.73. The second-order valence-corrected chi connectivity index (χ2v) is 6.61. The van der Waals surface area contributed by atoms with Gasteiger partial charge in [-0.1, -0.05) is 11.3 Å². The van der Waals surface area contributed by atoms with E-state index in [-0.39, 0.29) is 11.9 Å². The van der Waals surface area contributed by atoms with Crippen molar-refractivity contribution in [2.45, 2.75) is 32.2 Å². The first-order valence-corrected chi connectivity index (χ1v) is 8.14. The van der Waals surface area contributed by atoms with E-state index in [0.717, 1.165) is 34.1 Å². The van der Waals surface area contributed by atoms with Gasteiger partial charge in [0.15, 0.2) is 5.13 Å². The molecule has 112 valence electrons. The van der Waals surface area contributed by atoms with Crippen LogP contribution in [0, 0.1) is 0 Å². The number of nitrogens with two attached hydrogens (primary N) is 1. The maximum atomic E-state index is 11.8. The van der Waals surface area contributed by atoms with E-state index in [4.69, 9.17) is 5.73 Å². The van der Waals surface area contributed by atoms with E-state index in [1.807, 2.05) is 25.1 Å². The lowest BCUT2D eigenvalue weighted by atomic mass is 10.2. The van der Waals surface area contributed by atoms with Crippen molar-refractivity contribution in [3.05, 3.63) is 18.2 Å². The summed E-state index contributed by atoms with van der Waals surface area (Å²) in [6.07, 6.45) is 2.82. The zero-order valence-corrected chi connectivity index (χ0v) is 12.9. The monoisotopic (exact) mass is 304 g/mol. The van der Waals surface area contributed by atoms with Crippen LogP contribution in [0.1, 0.15) is 26.2 Å². The Balaban J connectivity index is 1.78. The first kappa shape index (κ1) is 14.3. The Hall–Kier alpha value is -1.66. The first-order valence-electron chi connectivity index (χ1n) is 7.33. The van der Waals surface area contributed by atoms with Crippen molar-refractivity contribution in [2.24, 2.45) is 5.73 Å². The molecular formula is C15H20N4OS. The summed E-state index contributed by atoms with van der Waals surface area (Å²) in [5, 5.41) is 3.98. The number of benzene rings is 1. The Labute approximate surface area is 128 Å². The lowest BCUT2D eigenvalue weighted by molar-refractivity contribution is -0.116. The lowest BCUT2D eigenvalue weighted by Gasteiger charge is -2.11. The smallest absolute Gasteiger partial charge is 0.225 e. The zero-order chi connectivity index (χ0) is 14.8. The van der Waals surface area contributed by atoms with Gasteiger partial charge in [0.2, 0.25) is 5.91 Å². The van der Waals surface area contributed by atoms with Gasteiger partial charge in [0.25, 0.3) is 0 Å². The molecule has 1 fully saturated rings. The summed E-state index contributed by atoms with van der Waals surface area (Å²) in [6.45, 7) is 4.02. The Morgan fingerprint density at radius 2 is 2.24 bits per heavy atom. The minimum atomic E-state index is -0.126. The number of nitrogens with one attached hydrogen (secondary N) is 1. The molecule has 1 aliphatic heterocycles. The molecule has 1 aromatic heterocycles. The van der Waals surface area contributed by atoms with E-state index in [0.29, 0.717) is 6.42 Å². The highest BCUT2D eigenvalue weighted by atomic mass is 32.1. The first-order chi connectivity index (χ1) is 10.1. The number of nitrogens with zero attached hydrogens (tertiary/aromatic N) is 2. The standard InChI is InChI=1S/C15H20N4OS/c1-10(16)8-14(20)17-11-4-5-12-13(9-11)21-15(18-12)19-6-2-3-7-19/h4-5,9-10H,2-3,6-8,16H2,1H3,(H,17,20). The minimum Gasteiger partial charge on any atom is -0.348 e. The highest BCUT2D eigenvalue weighted by molar-refractivity contribution is 7.22. The van der Waals surface area contributed by atoms with Gasteiger partial charge in [-0.15, -0.1) is 0 Å². The molecule has 1 atom stereocenters. The van der Waals surface area contributed by atoms with Gasteiger partial charge >= 0.3 is 0 Å². The molecule has 0 aliphatic carbocycles. The van der Waals surface area contributed by atoms with E-state index >= 15 is 0 Å². The second-order valence-electron chi connectivity index (χ2n) is 5.60. The van der Waals surface area contributed by atoms with Gasteiger partial charge in [0.05, 0.1) is 10.2 Å². The van der Waals surface area contributed by atoms with Crippen LogP contribution in [-0.4, -0.2) is 30.0 Å². The highest BCUT2D eigenvalue weighted by Gasteiger charge is 2.16. The summed E-state index contributed by atoms with van der Waals surface area (Å²) >= 11 is 1.69. The third-order valence-electron chi connectivity index (χ3n) is 3.54. The van der Waals surface area contributed by atoms with Crippen LogP contribution in [0.4, 0.5) is 10.8 Å². The molecule has 3 N–H and O–H groups in total. The Bertz CT molecular complexity index is 646. The van der Waals surface area contributed by atoms with Gasteiger partial charge in [-0.3, -0.25) is 4.79 Å². The normalized spacial score (nSPS) is 16.4. The van der Waals surface area contributed by atoms with Gasteiger partial charge in [0.1, 0.15) is 0 Å². The van der Waals surface area contributed by atoms with Crippen molar-refractivity contribution in [1.82, 2.24) is 4.98 Å². The number of thiazole rings is 1. The molecule has 1 saturated heterocycles. The van der Waals surface area contributed by atoms with E-state index in [9.17, 15) is 4.79 Å². The van der Waals surface area contributed by atoms with E-state index in [1.54, 1.807) is 11.3 Å². The van der Waals surface area contributed by atoms with Crippen molar-refractivity contribution in [3.8, 4) is 0 Å². The fraction of sp³-hybridized carbons (Fsp3) is 0.467. The zero-order valence-electron chi connectivity index (χ0n) is 12.1. The highest BCUT2D eigenvalue weighted by Crippen LogP contribution is 2.32. The van der Waals surface area contributed by atoms with Crippen LogP contribution in [0.2, 0.25) is 0 Å². The number of amides is 1. The number of rotatable bonds is 4. The van der Waals surface area contributed by atoms with Crippen LogP contribution >= 0.6 is 11.3 Å². The maximum Gasteiger partial charge on any atom is 0.225 e. The van der Waals surface area contributed by atoms with Crippen LogP contribution < -0.4 is 16.0 Å². The molecule has 2 aromatic rings. The molecular weight excluding hydrogens is 284 g/mol. The third kappa shape index (κ3) is 3.33. The summed E-state index contributed by atoms with van der Waals surface area (Å²) in [5.74, 6) is -0.0476. The minimum absolute atomic E-state index is 0.0476. The number of fused-ring (bicyclic) bond motifs is 1. The molecule has 1 aliphatic rings. The van der Waals surface area contributed by atoms with Crippen LogP contribution in [0.15, 0.2) is 18.2 Å². The third-order valence-corrected chi connectivity index (χ3v) is 4.62. The van der Waals surface area contributed by atoms with E-state index in [2.05, 4.69) is 15.2 Å². The number of carbonyl (C=O) groups excluding carboxylic acids is 1. The molecule has 0 radical (unpaired) electrons. The quantitative estimate of drug-likeness (QED) is 0.910. The average molecular weight is 304 g/mol. The Morgan fingerprint density at radius 1 is 1.48 bits per heavy atom. The molecule has 1 aromatic carbocycles. The molecule has 1 amide bonds. The molecule has 21 heavy (non-hydrogen) atoms. The topological polar surface area (TPSA) is 71.2 Å². The largest absolute Gasteiger partial charge is 0.348 e. The lowest BCUT2D eigenvalue weighted by Crippen LogP contribution is -2.23. The number of hydrogen-bond donors (Lipinski definition) is 2.